The maximum Gasteiger partial charge on any atom is 0.0726 e. The van der Waals surface area contributed by atoms with Crippen LogP contribution in [0.25, 0.3) is 0 Å². The molecule has 0 aliphatic heterocycles. The lowest BCUT2D eigenvalue weighted by Crippen LogP contribution is -2.56. The van der Waals surface area contributed by atoms with Crippen molar-refractivity contribution in [3.05, 3.63) is 0 Å². The molecule has 0 aromatic carbocycles. The van der Waals surface area contributed by atoms with Gasteiger partial charge in [-0.25, -0.2) is 0 Å². The van der Waals surface area contributed by atoms with Gasteiger partial charge in [0.1, 0.15) is 0 Å². The molecular weight excluding hydrogens is 246 g/mol. The van der Waals surface area contributed by atoms with E-state index in [1.54, 1.807) is 0 Å². The van der Waals surface area contributed by atoms with Crippen molar-refractivity contribution >= 4 is 0 Å². The predicted molar refractivity (Wildman–Crippen MR) is 83.6 cm³/mol. The minimum atomic E-state index is -0.121. The fourth-order valence-corrected chi connectivity index (χ4v) is 5.74. The number of likely N-dealkylation sites (N-methyl/N-ethyl adjacent to an activating group) is 1. The van der Waals surface area contributed by atoms with Gasteiger partial charge in [0.2, 0.25) is 0 Å². The zero-order valence-corrected chi connectivity index (χ0v) is 13.6. The quantitative estimate of drug-likeness (QED) is 0.848. The van der Waals surface area contributed by atoms with E-state index in [4.69, 9.17) is 0 Å². The van der Waals surface area contributed by atoms with Crippen LogP contribution >= 0.6 is 0 Å². The molecule has 0 saturated heterocycles. The summed E-state index contributed by atoms with van der Waals surface area (Å²) in [7, 11) is 4.37. The van der Waals surface area contributed by atoms with E-state index in [0.29, 0.717) is 0 Å². The Labute approximate surface area is 124 Å². The highest BCUT2D eigenvalue weighted by Gasteiger charge is 2.46. The van der Waals surface area contributed by atoms with Gasteiger partial charge in [0, 0.05) is 5.54 Å². The zero-order valence-electron chi connectivity index (χ0n) is 13.6. The van der Waals surface area contributed by atoms with Crippen LogP contribution < -0.4 is 0 Å². The standard InChI is InChI=1S/C18H33NO/c1-13-5-4-8-18(12-13,19(2)3)17(20)11-16-10-14-6-7-15(16)9-14/h13-17,20H,4-12H2,1-3H3. The highest BCUT2D eigenvalue weighted by molar-refractivity contribution is 5.01. The van der Waals surface area contributed by atoms with E-state index < -0.39 is 0 Å². The molecule has 2 heteroatoms. The van der Waals surface area contributed by atoms with Crippen LogP contribution in [0.3, 0.4) is 0 Å². The average Bonchev–Trinajstić information content (AvgIpc) is 3.00. The molecule has 3 rings (SSSR count). The molecule has 3 aliphatic rings. The Morgan fingerprint density at radius 1 is 1.20 bits per heavy atom. The van der Waals surface area contributed by atoms with Crippen LogP contribution in [-0.2, 0) is 0 Å². The van der Waals surface area contributed by atoms with Gasteiger partial charge >= 0.3 is 0 Å². The minimum absolute atomic E-state index is 0.0551. The summed E-state index contributed by atoms with van der Waals surface area (Å²) in [5.74, 6) is 3.52. The van der Waals surface area contributed by atoms with Crippen LogP contribution in [0.2, 0.25) is 0 Å². The van der Waals surface area contributed by atoms with Crippen molar-refractivity contribution in [3.8, 4) is 0 Å². The summed E-state index contributed by atoms with van der Waals surface area (Å²) in [5.41, 5.74) is 0.0551. The Morgan fingerprint density at radius 3 is 2.55 bits per heavy atom. The number of fused-ring (bicyclic) bond motifs is 2. The molecule has 3 aliphatic carbocycles. The number of nitrogens with zero attached hydrogens (tertiary/aromatic N) is 1. The summed E-state index contributed by atoms with van der Waals surface area (Å²) in [6, 6.07) is 0. The fraction of sp³-hybridized carbons (Fsp3) is 1.00. The van der Waals surface area contributed by atoms with E-state index in [1.807, 2.05) is 0 Å². The average molecular weight is 279 g/mol. The normalized spacial score (nSPS) is 46.0. The van der Waals surface area contributed by atoms with E-state index in [9.17, 15) is 5.11 Å². The van der Waals surface area contributed by atoms with Crippen molar-refractivity contribution in [3.63, 3.8) is 0 Å². The van der Waals surface area contributed by atoms with Gasteiger partial charge in [0.25, 0.3) is 0 Å². The second kappa shape index (κ2) is 5.61. The molecule has 0 aromatic rings. The zero-order chi connectivity index (χ0) is 14.3. The number of rotatable bonds is 4. The Hall–Kier alpha value is -0.0800. The van der Waals surface area contributed by atoms with E-state index >= 15 is 0 Å². The van der Waals surface area contributed by atoms with E-state index in [2.05, 4.69) is 25.9 Å². The molecule has 0 heterocycles. The number of hydrogen-bond acceptors (Lipinski definition) is 2. The van der Waals surface area contributed by atoms with Gasteiger partial charge in [-0.1, -0.05) is 26.2 Å². The summed E-state index contributed by atoms with van der Waals surface area (Å²) in [6.07, 6.45) is 11.7. The van der Waals surface area contributed by atoms with E-state index in [1.165, 1.54) is 51.4 Å². The van der Waals surface area contributed by atoms with Crippen LogP contribution in [-0.4, -0.2) is 35.7 Å². The van der Waals surface area contributed by atoms with Crippen molar-refractivity contribution in [2.24, 2.45) is 23.7 Å². The summed E-state index contributed by atoms with van der Waals surface area (Å²) in [6.45, 7) is 2.36. The lowest BCUT2D eigenvalue weighted by molar-refractivity contribution is -0.0565. The highest BCUT2D eigenvalue weighted by Crippen LogP contribution is 2.51. The van der Waals surface area contributed by atoms with Crippen LogP contribution in [0.1, 0.15) is 64.7 Å². The number of aliphatic hydroxyl groups excluding tert-OH is 1. The largest absolute Gasteiger partial charge is 0.391 e. The van der Waals surface area contributed by atoms with E-state index in [0.717, 1.165) is 30.1 Å². The van der Waals surface area contributed by atoms with Crippen LogP contribution in [0, 0.1) is 23.7 Å². The van der Waals surface area contributed by atoms with Gasteiger partial charge in [-0.05, 0) is 76.3 Å². The summed E-state index contributed by atoms with van der Waals surface area (Å²) < 4.78 is 0. The first-order valence-corrected chi connectivity index (χ1v) is 8.87. The summed E-state index contributed by atoms with van der Waals surface area (Å²) in [4.78, 5) is 2.35. The Morgan fingerprint density at radius 2 is 2.00 bits per heavy atom. The molecular formula is C18H33NO. The Bertz CT molecular complexity index is 342. The van der Waals surface area contributed by atoms with Gasteiger partial charge in [0.05, 0.1) is 6.10 Å². The molecule has 0 radical (unpaired) electrons. The van der Waals surface area contributed by atoms with Crippen LogP contribution in [0.5, 0.6) is 0 Å². The SMILES string of the molecule is CC1CCCC(C(O)CC2CC3CCC2C3)(N(C)C)C1. The van der Waals surface area contributed by atoms with Gasteiger partial charge < -0.3 is 10.0 Å². The number of aliphatic hydroxyl groups is 1. The maximum atomic E-state index is 11.1. The number of hydrogen-bond donors (Lipinski definition) is 1. The molecule has 6 unspecified atom stereocenters. The van der Waals surface area contributed by atoms with Crippen molar-refractivity contribution in [2.45, 2.75) is 76.4 Å². The molecule has 0 amide bonds. The topological polar surface area (TPSA) is 23.5 Å². The fourth-order valence-electron chi connectivity index (χ4n) is 5.74. The lowest BCUT2D eigenvalue weighted by Gasteiger charge is -2.49. The summed E-state index contributed by atoms with van der Waals surface area (Å²) >= 11 is 0. The van der Waals surface area contributed by atoms with Crippen molar-refractivity contribution < 1.29 is 5.11 Å². The predicted octanol–water partition coefficient (Wildman–Crippen LogP) is 3.68. The second-order valence-corrected chi connectivity index (χ2v) is 8.39. The van der Waals surface area contributed by atoms with Crippen molar-refractivity contribution in [2.75, 3.05) is 14.1 Å². The third-order valence-electron chi connectivity index (χ3n) is 6.93. The summed E-state index contributed by atoms with van der Waals surface area (Å²) in [5, 5.41) is 11.1. The molecule has 0 aromatic heterocycles. The smallest absolute Gasteiger partial charge is 0.0726 e. The van der Waals surface area contributed by atoms with Gasteiger partial charge in [-0.3, -0.25) is 0 Å². The molecule has 1 N–H and O–H groups in total. The highest BCUT2D eigenvalue weighted by atomic mass is 16.3. The first kappa shape index (κ1) is 14.8. The lowest BCUT2D eigenvalue weighted by atomic mass is 9.69. The van der Waals surface area contributed by atoms with Gasteiger partial charge in [0.15, 0.2) is 0 Å². The van der Waals surface area contributed by atoms with Crippen LogP contribution in [0.15, 0.2) is 0 Å². The molecule has 2 nitrogen and oxygen atoms in total. The first-order valence-electron chi connectivity index (χ1n) is 8.87. The van der Waals surface area contributed by atoms with Crippen LogP contribution in [0.4, 0.5) is 0 Å². The molecule has 0 spiro atoms. The third-order valence-corrected chi connectivity index (χ3v) is 6.93. The maximum absolute atomic E-state index is 11.1. The van der Waals surface area contributed by atoms with Gasteiger partial charge in [-0.15, -0.1) is 0 Å². The monoisotopic (exact) mass is 279 g/mol. The minimum Gasteiger partial charge on any atom is -0.391 e. The molecule has 20 heavy (non-hydrogen) atoms. The van der Waals surface area contributed by atoms with E-state index in [-0.39, 0.29) is 11.6 Å². The van der Waals surface area contributed by atoms with Gasteiger partial charge in [-0.2, -0.15) is 0 Å². The molecule has 116 valence electrons. The molecule has 2 bridgehead atoms. The first-order chi connectivity index (χ1) is 9.51. The molecule has 3 saturated carbocycles. The van der Waals surface area contributed by atoms with Crippen molar-refractivity contribution in [1.29, 1.82) is 0 Å². The Kier molecular flexibility index (Phi) is 4.16. The van der Waals surface area contributed by atoms with Crippen molar-refractivity contribution in [1.82, 2.24) is 4.90 Å². The molecule has 6 atom stereocenters. The Balaban J connectivity index is 1.68. The third kappa shape index (κ3) is 2.54. The molecule has 3 fully saturated rings. The second-order valence-electron chi connectivity index (χ2n) is 8.39.